The molecule has 2 rings (SSSR count). The van der Waals surface area contributed by atoms with Gasteiger partial charge in [-0.05, 0) is 30.7 Å². The topological polar surface area (TPSA) is 68.1 Å². The quantitative estimate of drug-likeness (QED) is 0.678. The number of aromatic nitrogens is 1. The Kier molecular flexibility index (Phi) is 3.70. The Morgan fingerprint density at radius 3 is 2.84 bits per heavy atom. The van der Waals surface area contributed by atoms with Crippen LogP contribution in [0.25, 0.3) is 0 Å². The molecule has 0 fully saturated rings. The molecule has 98 valence electrons. The van der Waals surface area contributed by atoms with Crippen LogP contribution < -0.4 is 5.32 Å². The lowest BCUT2D eigenvalue weighted by molar-refractivity contribution is -0.386. The summed E-state index contributed by atoms with van der Waals surface area (Å²) in [5.41, 5.74) is 1.33. The van der Waals surface area contributed by atoms with Crippen molar-refractivity contribution in [3.05, 3.63) is 63.7 Å². The van der Waals surface area contributed by atoms with Crippen LogP contribution in [0.15, 0.2) is 36.5 Å². The number of aryl methyl sites for hydroxylation is 1. The first-order chi connectivity index (χ1) is 9.09. The van der Waals surface area contributed by atoms with E-state index in [0.717, 1.165) is 17.3 Å². The van der Waals surface area contributed by atoms with E-state index < -0.39 is 16.4 Å². The SMILES string of the molecule is Cc1cccnc1CNc1cccc(F)c1[N+](=O)[O-]. The molecule has 0 atom stereocenters. The Hall–Kier alpha value is -2.50. The van der Waals surface area contributed by atoms with E-state index in [-0.39, 0.29) is 5.69 Å². The fourth-order valence-electron chi connectivity index (χ4n) is 1.73. The van der Waals surface area contributed by atoms with E-state index in [0.29, 0.717) is 6.54 Å². The van der Waals surface area contributed by atoms with E-state index in [1.165, 1.54) is 12.1 Å². The lowest BCUT2D eigenvalue weighted by Gasteiger charge is -2.08. The van der Waals surface area contributed by atoms with Gasteiger partial charge < -0.3 is 5.32 Å². The molecule has 1 aromatic carbocycles. The van der Waals surface area contributed by atoms with Gasteiger partial charge in [0.1, 0.15) is 5.69 Å². The molecule has 0 aliphatic heterocycles. The first kappa shape index (κ1) is 12.9. The molecule has 0 saturated carbocycles. The molecule has 2 aromatic rings. The Morgan fingerprint density at radius 1 is 1.37 bits per heavy atom. The zero-order valence-electron chi connectivity index (χ0n) is 10.3. The van der Waals surface area contributed by atoms with Crippen molar-refractivity contribution in [2.24, 2.45) is 0 Å². The zero-order chi connectivity index (χ0) is 13.8. The third kappa shape index (κ3) is 2.85. The van der Waals surface area contributed by atoms with E-state index in [4.69, 9.17) is 0 Å². The van der Waals surface area contributed by atoms with Crippen LogP contribution in [0.2, 0.25) is 0 Å². The second kappa shape index (κ2) is 5.43. The van der Waals surface area contributed by atoms with Gasteiger partial charge in [0.25, 0.3) is 0 Å². The van der Waals surface area contributed by atoms with Crippen molar-refractivity contribution in [1.29, 1.82) is 0 Å². The molecule has 0 amide bonds. The van der Waals surface area contributed by atoms with Crippen molar-refractivity contribution in [2.75, 3.05) is 5.32 Å². The van der Waals surface area contributed by atoms with Crippen LogP contribution in [0.5, 0.6) is 0 Å². The highest BCUT2D eigenvalue weighted by Crippen LogP contribution is 2.27. The predicted octanol–water partition coefficient (Wildman–Crippen LogP) is 3.05. The highest BCUT2D eigenvalue weighted by molar-refractivity contribution is 5.62. The van der Waals surface area contributed by atoms with Gasteiger partial charge in [-0.15, -0.1) is 0 Å². The lowest BCUT2D eigenvalue weighted by Crippen LogP contribution is -2.06. The summed E-state index contributed by atoms with van der Waals surface area (Å²) in [5.74, 6) is -0.854. The van der Waals surface area contributed by atoms with Gasteiger partial charge in [-0.1, -0.05) is 12.1 Å². The maximum atomic E-state index is 13.4. The summed E-state index contributed by atoms with van der Waals surface area (Å²) >= 11 is 0. The zero-order valence-corrected chi connectivity index (χ0v) is 10.3. The molecule has 0 bridgehead atoms. The molecule has 1 N–H and O–H groups in total. The third-order valence-electron chi connectivity index (χ3n) is 2.73. The van der Waals surface area contributed by atoms with Crippen LogP contribution in [0.1, 0.15) is 11.3 Å². The van der Waals surface area contributed by atoms with Gasteiger partial charge in [0.15, 0.2) is 0 Å². The second-order valence-electron chi connectivity index (χ2n) is 4.01. The van der Waals surface area contributed by atoms with Crippen LogP contribution in [-0.2, 0) is 6.54 Å². The van der Waals surface area contributed by atoms with Crippen molar-refractivity contribution < 1.29 is 9.31 Å². The van der Waals surface area contributed by atoms with Crippen molar-refractivity contribution >= 4 is 11.4 Å². The normalized spacial score (nSPS) is 10.2. The fraction of sp³-hybridized carbons (Fsp3) is 0.154. The number of nitro groups is 1. The number of nitrogens with zero attached hydrogens (tertiary/aromatic N) is 2. The molecule has 5 nitrogen and oxygen atoms in total. The molecule has 1 aromatic heterocycles. The van der Waals surface area contributed by atoms with Crippen LogP contribution in [0, 0.1) is 22.9 Å². The number of hydrogen-bond donors (Lipinski definition) is 1. The highest BCUT2D eigenvalue weighted by Gasteiger charge is 2.19. The maximum absolute atomic E-state index is 13.4. The highest BCUT2D eigenvalue weighted by atomic mass is 19.1. The molecule has 6 heteroatoms. The number of benzene rings is 1. The minimum Gasteiger partial charge on any atom is -0.374 e. The maximum Gasteiger partial charge on any atom is 0.327 e. The minimum absolute atomic E-state index is 0.148. The van der Waals surface area contributed by atoms with Crippen molar-refractivity contribution in [1.82, 2.24) is 4.98 Å². The molecule has 0 radical (unpaired) electrons. The van der Waals surface area contributed by atoms with E-state index in [1.54, 1.807) is 6.20 Å². The minimum atomic E-state index is -0.854. The average molecular weight is 261 g/mol. The number of rotatable bonds is 4. The fourth-order valence-corrected chi connectivity index (χ4v) is 1.73. The molecule has 0 aliphatic carbocycles. The molecular weight excluding hydrogens is 249 g/mol. The van der Waals surface area contributed by atoms with Crippen LogP contribution in [-0.4, -0.2) is 9.91 Å². The van der Waals surface area contributed by atoms with Gasteiger partial charge in [-0.3, -0.25) is 15.1 Å². The number of nitrogens with one attached hydrogen (secondary N) is 1. The Morgan fingerprint density at radius 2 is 2.16 bits per heavy atom. The molecule has 19 heavy (non-hydrogen) atoms. The number of para-hydroxylation sites is 1. The van der Waals surface area contributed by atoms with Crippen molar-refractivity contribution in [3.8, 4) is 0 Å². The second-order valence-corrected chi connectivity index (χ2v) is 4.01. The van der Waals surface area contributed by atoms with Gasteiger partial charge >= 0.3 is 5.69 Å². The van der Waals surface area contributed by atoms with Gasteiger partial charge in [0.2, 0.25) is 5.82 Å². The summed E-state index contributed by atoms with van der Waals surface area (Å²) in [7, 11) is 0. The standard InChI is InChI=1S/C13H12FN3O2/c1-9-4-3-7-15-12(9)8-16-11-6-2-5-10(14)13(11)17(18)19/h2-7,16H,8H2,1H3. The van der Waals surface area contributed by atoms with Crippen molar-refractivity contribution in [2.45, 2.75) is 13.5 Å². The lowest BCUT2D eigenvalue weighted by atomic mass is 10.2. The summed E-state index contributed by atoms with van der Waals surface area (Å²) in [5, 5.41) is 13.7. The molecule has 0 saturated heterocycles. The molecule has 0 spiro atoms. The number of pyridine rings is 1. The van der Waals surface area contributed by atoms with Gasteiger partial charge in [0, 0.05) is 6.20 Å². The van der Waals surface area contributed by atoms with E-state index in [2.05, 4.69) is 10.3 Å². The van der Waals surface area contributed by atoms with E-state index in [1.807, 2.05) is 19.1 Å². The van der Waals surface area contributed by atoms with E-state index in [9.17, 15) is 14.5 Å². The van der Waals surface area contributed by atoms with Gasteiger partial charge in [-0.25, -0.2) is 0 Å². The van der Waals surface area contributed by atoms with Crippen LogP contribution >= 0.6 is 0 Å². The summed E-state index contributed by atoms with van der Waals surface area (Å²) in [6, 6.07) is 7.66. The average Bonchev–Trinajstić information content (AvgIpc) is 2.37. The smallest absolute Gasteiger partial charge is 0.327 e. The summed E-state index contributed by atoms with van der Waals surface area (Å²) < 4.78 is 13.4. The van der Waals surface area contributed by atoms with Gasteiger partial charge in [-0.2, -0.15) is 4.39 Å². The largest absolute Gasteiger partial charge is 0.374 e. The number of hydrogen-bond acceptors (Lipinski definition) is 4. The Bertz CT molecular complexity index is 617. The molecular formula is C13H12FN3O2. The van der Waals surface area contributed by atoms with Crippen molar-refractivity contribution in [3.63, 3.8) is 0 Å². The monoisotopic (exact) mass is 261 g/mol. The third-order valence-corrected chi connectivity index (χ3v) is 2.73. The summed E-state index contributed by atoms with van der Waals surface area (Å²) in [4.78, 5) is 14.3. The molecule has 0 unspecified atom stereocenters. The van der Waals surface area contributed by atoms with Crippen LogP contribution in [0.4, 0.5) is 15.8 Å². The molecule has 1 heterocycles. The first-order valence-corrected chi connectivity index (χ1v) is 5.67. The summed E-state index contributed by atoms with van der Waals surface area (Å²) in [6.07, 6.45) is 1.64. The first-order valence-electron chi connectivity index (χ1n) is 5.67. The molecule has 0 aliphatic rings. The number of nitro benzene ring substituents is 1. The number of halogens is 1. The Labute approximate surface area is 109 Å². The van der Waals surface area contributed by atoms with Gasteiger partial charge in [0.05, 0.1) is 17.2 Å². The van der Waals surface area contributed by atoms with E-state index >= 15 is 0 Å². The summed E-state index contributed by atoms with van der Waals surface area (Å²) in [6.45, 7) is 2.20. The Balaban J connectivity index is 2.23. The van der Waals surface area contributed by atoms with Crippen LogP contribution in [0.3, 0.4) is 0 Å². The predicted molar refractivity (Wildman–Crippen MR) is 69.4 cm³/mol. The number of anilines is 1.